The molecule has 0 aliphatic rings. The van der Waals surface area contributed by atoms with E-state index in [2.05, 4.69) is 36.5 Å². The monoisotopic (exact) mass is 289 g/mol. The Morgan fingerprint density at radius 1 is 0.727 bits per heavy atom. The van der Waals surface area contributed by atoms with Crippen LogP contribution in [0, 0.1) is 6.92 Å². The number of phenols is 1. The number of nitrogens with one attached hydrogen (secondary N) is 1. The smallest absolute Gasteiger partial charge is 0.115 e. The van der Waals surface area contributed by atoms with Crippen molar-refractivity contribution in [3.63, 3.8) is 0 Å². The molecule has 0 aliphatic carbocycles. The molecule has 22 heavy (non-hydrogen) atoms. The van der Waals surface area contributed by atoms with E-state index in [0.29, 0.717) is 0 Å². The average Bonchev–Trinajstić information content (AvgIpc) is 2.56. The number of anilines is 1. The van der Waals surface area contributed by atoms with Gasteiger partial charge in [-0.2, -0.15) is 0 Å². The summed E-state index contributed by atoms with van der Waals surface area (Å²) in [5, 5.41) is 13.1. The van der Waals surface area contributed by atoms with Gasteiger partial charge in [0, 0.05) is 5.69 Å². The third kappa shape index (κ3) is 3.12. The first-order chi connectivity index (χ1) is 10.7. The Kier molecular flexibility index (Phi) is 4.10. The largest absolute Gasteiger partial charge is 0.508 e. The van der Waals surface area contributed by atoms with E-state index in [9.17, 15) is 5.11 Å². The minimum atomic E-state index is 0.0444. The van der Waals surface area contributed by atoms with Crippen LogP contribution in [-0.2, 0) is 0 Å². The maximum atomic E-state index is 9.52. The van der Waals surface area contributed by atoms with E-state index in [1.807, 2.05) is 42.5 Å². The van der Waals surface area contributed by atoms with Gasteiger partial charge in [-0.15, -0.1) is 0 Å². The number of hydrogen-bond acceptors (Lipinski definition) is 2. The molecule has 0 radical (unpaired) electrons. The van der Waals surface area contributed by atoms with Gasteiger partial charge in [-0.05, 0) is 41.8 Å². The molecule has 1 atom stereocenters. The second kappa shape index (κ2) is 6.35. The number of aryl methyl sites for hydroxylation is 1. The summed E-state index contributed by atoms with van der Waals surface area (Å²) in [6.07, 6.45) is 0. The number of phenolic OH excluding ortho intramolecular Hbond substituents is 1. The first kappa shape index (κ1) is 14.2. The van der Waals surface area contributed by atoms with Crippen LogP contribution in [0.1, 0.15) is 22.7 Å². The van der Waals surface area contributed by atoms with Crippen molar-refractivity contribution in [2.24, 2.45) is 0 Å². The van der Waals surface area contributed by atoms with Crippen molar-refractivity contribution in [1.29, 1.82) is 0 Å². The third-order valence-electron chi connectivity index (χ3n) is 3.80. The lowest BCUT2D eigenvalue weighted by Crippen LogP contribution is -2.13. The summed E-state index contributed by atoms with van der Waals surface area (Å²) in [6.45, 7) is 2.10. The highest BCUT2D eigenvalue weighted by Crippen LogP contribution is 2.29. The molecule has 0 bridgehead atoms. The fourth-order valence-corrected chi connectivity index (χ4v) is 2.56. The van der Waals surface area contributed by atoms with Gasteiger partial charge in [0.25, 0.3) is 0 Å². The van der Waals surface area contributed by atoms with Crippen molar-refractivity contribution in [2.45, 2.75) is 13.0 Å². The van der Waals surface area contributed by atoms with Crippen molar-refractivity contribution in [3.05, 3.63) is 95.6 Å². The molecule has 0 heterocycles. The summed E-state index contributed by atoms with van der Waals surface area (Å²) in [5.74, 6) is 0.284. The summed E-state index contributed by atoms with van der Waals surface area (Å²) >= 11 is 0. The molecule has 0 saturated carbocycles. The highest BCUT2D eigenvalue weighted by atomic mass is 16.3. The Hall–Kier alpha value is -2.74. The molecular weight excluding hydrogens is 270 g/mol. The van der Waals surface area contributed by atoms with E-state index in [0.717, 1.165) is 11.3 Å². The van der Waals surface area contributed by atoms with Gasteiger partial charge in [-0.3, -0.25) is 0 Å². The quantitative estimate of drug-likeness (QED) is 0.716. The first-order valence-corrected chi connectivity index (χ1v) is 7.40. The maximum Gasteiger partial charge on any atom is 0.115 e. The molecule has 0 aliphatic heterocycles. The summed E-state index contributed by atoms with van der Waals surface area (Å²) in [5.41, 5.74) is 4.63. The van der Waals surface area contributed by atoms with Gasteiger partial charge in [-0.25, -0.2) is 0 Å². The Balaban J connectivity index is 2.00. The van der Waals surface area contributed by atoms with Crippen molar-refractivity contribution in [1.82, 2.24) is 0 Å². The minimum absolute atomic E-state index is 0.0444. The summed E-state index contributed by atoms with van der Waals surface area (Å²) < 4.78 is 0. The van der Waals surface area contributed by atoms with Crippen LogP contribution in [0.2, 0.25) is 0 Å². The van der Waals surface area contributed by atoms with E-state index in [4.69, 9.17) is 0 Å². The Morgan fingerprint density at radius 2 is 1.32 bits per heavy atom. The highest BCUT2D eigenvalue weighted by Gasteiger charge is 2.14. The van der Waals surface area contributed by atoms with Crippen LogP contribution in [0.25, 0.3) is 0 Å². The number of aromatic hydroxyl groups is 1. The van der Waals surface area contributed by atoms with E-state index >= 15 is 0 Å². The fourth-order valence-electron chi connectivity index (χ4n) is 2.56. The van der Waals surface area contributed by atoms with Gasteiger partial charge in [0.15, 0.2) is 0 Å². The Bertz CT molecular complexity index is 735. The first-order valence-electron chi connectivity index (χ1n) is 7.40. The minimum Gasteiger partial charge on any atom is -0.508 e. The van der Waals surface area contributed by atoms with Crippen molar-refractivity contribution in [2.75, 3.05) is 5.32 Å². The maximum absolute atomic E-state index is 9.52. The predicted octanol–water partition coefficient (Wildman–Crippen LogP) is 4.90. The molecule has 0 saturated heterocycles. The zero-order valence-corrected chi connectivity index (χ0v) is 12.5. The molecule has 110 valence electrons. The van der Waals surface area contributed by atoms with E-state index in [-0.39, 0.29) is 11.8 Å². The molecule has 0 amide bonds. The average molecular weight is 289 g/mol. The van der Waals surface area contributed by atoms with Crippen molar-refractivity contribution < 1.29 is 5.11 Å². The number of hydrogen-bond donors (Lipinski definition) is 2. The van der Waals surface area contributed by atoms with E-state index < -0.39 is 0 Å². The zero-order valence-electron chi connectivity index (χ0n) is 12.5. The number of benzene rings is 3. The number of para-hydroxylation sites is 1. The Labute approximate surface area is 131 Å². The van der Waals surface area contributed by atoms with Gasteiger partial charge in [-0.1, -0.05) is 60.7 Å². The summed E-state index contributed by atoms with van der Waals surface area (Å²) in [6, 6.07) is 26.0. The van der Waals surface area contributed by atoms with Crippen LogP contribution < -0.4 is 5.32 Å². The third-order valence-corrected chi connectivity index (χ3v) is 3.80. The van der Waals surface area contributed by atoms with Gasteiger partial charge in [0.1, 0.15) is 5.75 Å². The zero-order chi connectivity index (χ0) is 15.4. The number of rotatable bonds is 4. The van der Waals surface area contributed by atoms with Crippen LogP contribution in [0.15, 0.2) is 78.9 Å². The second-order valence-electron chi connectivity index (χ2n) is 5.39. The predicted molar refractivity (Wildman–Crippen MR) is 91.2 cm³/mol. The van der Waals surface area contributed by atoms with Gasteiger partial charge in [0.2, 0.25) is 0 Å². The van der Waals surface area contributed by atoms with Crippen LogP contribution in [0.4, 0.5) is 5.69 Å². The van der Waals surface area contributed by atoms with Crippen molar-refractivity contribution >= 4 is 5.69 Å². The molecular formula is C20H19NO. The van der Waals surface area contributed by atoms with Crippen molar-refractivity contribution in [3.8, 4) is 5.75 Å². The molecule has 3 aromatic rings. The topological polar surface area (TPSA) is 32.3 Å². The van der Waals surface area contributed by atoms with Crippen LogP contribution in [0.5, 0.6) is 5.75 Å². The fraction of sp³-hybridized carbons (Fsp3) is 0.100. The normalized spacial score (nSPS) is 11.9. The van der Waals surface area contributed by atoms with E-state index in [1.165, 1.54) is 11.1 Å². The molecule has 2 nitrogen and oxygen atoms in total. The SMILES string of the molecule is Cc1ccccc1NC(c1ccccc1)c1ccc(O)cc1. The summed E-state index contributed by atoms with van der Waals surface area (Å²) in [7, 11) is 0. The van der Waals surface area contributed by atoms with Gasteiger partial charge in [0.05, 0.1) is 6.04 Å². The lowest BCUT2D eigenvalue weighted by molar-refractivity contribution is 0.475. The van der Waals surface area contributed by atoms with Crippen LogP contribution in [-0.4, -0.2) is 5.11 Å². The molecule has 3 rings (SSSR count). The molecule has 2 N–H and O–H groups in total. The van der Waals surface area contributed by atoms with E-state index in [1.54, 1.807) is 12.1 Å². The van der Waals surface area contributed by atoms with Gasteiger partial charge < -0.3 is 10.4 Å². The molecule has 2 heteroatoms. The second-order valence-corrected chi connectivity index (χ2v) is 5.39. The molecule has 1 unspecified atom stereocenters. The molecule has 0 fully saturated rings. The molecule has 3 aromatic carbocycles. The van der Waals surface area contributed by atoms with Gasteiger partial charge >= 0.3 is 0 Å². The molecule has 0 aromatic heterocycles. The standard InChI is InChI=1S/C20H19NO/c1-15-7-5-6-10-19(15)21-20(16-8-3-2-4-9-16)17-11-13-18(22)14-12-17/h2-14,20-22H,1H3. The Morgan fingerprint density at radius 3 is 2.00 bits per heavy atom. The lowest BCUT2D eigenvalue weighted by atomic mass is 9.98. The summed E-state index contributed by atoms with van der Waals surface area (Å²) in [4.78, 5) is 0. The lowest BCUT2D eigenvalue weighted by Gasteiger charge is -2.22. The molecule has 0 spiro atoms. The van der Waals surface area contributed by atoms with Crippen LogP contribution in [0.3, 0.4) is 0 Å². The highest BCUT2D eigenvalue weighted by molar-refractivity contribution is 5.54. The van der Waals surface area contributed by atoms with Crippen LogP contribution >= 0.6 is 0 Å².